The smallest absolute Gasteiger partial charge is 0.360 e. The maximum Gasteiger partial charge on any atom is 0.360 e. The van der Waals surface area contributed by atoms with Gasteiger partial charge in [-0.1, -0.05) is 83.0 Å². The summed E-state index contributed by atoms with van der Waals surface area (Å²) in [6, 6.07) is 20.1. The van der Waals surface area contributed by atoms with Gasteiger partial charge in [-0.2, -0.15) is 0 Å². The summed E-state index contributed by atoms with van der Waals surface area (Å²) in [5.41, 5.74) is 2.26. The largest absolute Gasteiger partial charge is 0.489 e. The number of hydrogen-bond donors (Lipinski definition) is 0. The van der Waals surface area contributed by atoms with Gasteiger partial charge in [0.1, 0.15) is 26.1 Å². The van der Waals surface area contributed by atoms with Gasteiger partial charge >= 0.3 is 5.97 Å². The maximum absolute atomic E-state index is 12.1. The second kappa shape index (κ2) is 11.4. The second-order valence-corrected chi connectivity index (χ2v) is 7.36. The average Bonchev–Trinajstić information content (AvgIpc) is 2.81. The van der Waals surface area contributed by atoms with Crippen LogP contribution in [0, 0.1) is 0 Å². The first-order valence-corrected chi connectivity index (χ1v) is 10.4. The van der Waals surface area contributed by atoms with Crippen LogP contribution >= 0.6 is 23.2 Å². The average molecular weight is 474 g/mol. The van der Waals surface area contributed by atoms with E-state index in [1.807, 2.05) is 42.5 Å². The molecule has 6 nitrogen and oxygen atoms in total. The Balaban J connectivity index is 1.75. The predicted molar refractivity (Wildman–Crippen MR) is 124 cm³/mol. The summed E-state index contributed by atoms with van der Waals surface area (Å²) in [4.78, 5) is 16.9. The molecule has 0 aromatic heterocycles. The van der Waals surface area contributed by atoms with Crippen LogP contribution in [0.15, 0.2) is 71.9 Å². The molecule has 166 valence electrons. The maximum atomic E-state index is 12.1. The summed E-state index contributed by atoms with van der Waals surface area (Å²) in [6.45, 7) is 0.468. The number of hydrogen-bond acceptors (Lipinski definition) is 6. The van der Waals surface area contributed by atoms with Crippen LogP contribution in [0.5, 0.6) is 11.5 Å². The van der Waals surface area contributed by atoms with Gasteiger partial charge in [0.25, 0.3) is 0 Å². The normalized spacial score (nSPS) is 11.1. The van der Waals surface area contributed by atoms with E-state index in [0.717, 1.165) is 5.56 Å². The highest BCUT2D eigenvalue weighted by Crippen LogP contribution is 2.37. The topological polar surface area (TPSA) is 66.4 Å². The fraction of sp³-hybridized carbons (Fsp3) is 0.167. The summed E-state index contributed by atoms with van der Waals surface area (Å²) >= 11 is 12.8. The molecule has 0 unspecified atom stereocenters. The van der Waals surface area contributed by atoms with E-state index in [-0.39, 0.29) is 12.3 Å². The van der Waals surface area contributed by atoms with Crippen LogP contribution in [0.3, 0.4) is 0 Å². The lowest BCUT2D eigenvalue weighted by Crippen LogP contribution is -2.19. The van der Waals surface area contributed by atoms with E-state index >= 15 is 0 Å². The Bertz CT molecular complexity index is 1080. The van der Waals surface area contributed by atoms with Crippen LogP contribution in [-0.4, -0.2) is 25.9 Å². The van der Waals surface area contributed by atoms with Gasteiger partial charge in [0.15, 0.2) is 11.5 Å². The van der Waals surface area contributed by atoms with Gasteiger partial charge in [-0.05, 0) is 11.1 Å². The number of carbonyl (C=O) groups excluding carboxylic acids is 1. The number of halogens is 2. The molecule has 8 heteroatoms. The number of nitrogens with zero attached hydrogens (tertiary/aromatic N) is 1. The minimum absolute atomic E-state index is 0.0370. The zero-order chi connectivity index (χ0) is 22.9. The first-order chi connectivity index (χ1) is 15.5. The molecule has 3 aromatic rings. The zero-order valence-corrected chi connectivity index (χ0v) is 19.0. The number of methoxy groups -OCH3 is 1. The fourth-order valence-electron chi connectivity index (χ4n) is 2.91. The van der Waals surface area contributed by atoms with Gasteiger partial charge in [0.05, 0.1) is 17.2 Å². The molecule has 0 saturated carbocycles. The Morgan fingerprint density at radius 2 is 1.53 bits per heavy atom. The van der Waals surface area contributed by atoms with Gasteiger partial charge in [0.2, 0.25) is 0 Å². The molecule has 0 fully saturated rings. The number of oxime groups is 1. The van der Waals surface area contributed by atoms with E-state index in [2.05, 4.69) is 5.16 Å². The van der Waals surface area contributed by atoms with Crippen molar-refractivity contribution in [2.24, 2.45) is 5.16 Å². The molecule has 0 amide bonds. The number of esters is 1. The molecule has 0 atom stereocenters. The van der Waals surface area contributed by atoms with Gasteiger partial charge in [-0.3, -0.25) is 0 Å². The Morgan fingerprint density at radius 3 is 2.19 bits per heavy atom. The van der Waals surface area contributed by atoms with Crippen molar-refractivity contribution in [2.75, 3.05) is 14.2 Å². The minimum Gasteiger partial charge on any atom is -0.489 e. The summed E-state index contributed by atoms with van der Waals surface area (Å²) in [5.74, 6) is 0.209. The number of ether oxygens (including phenoxy) is 3. The Labute approximate surface area is 196 Å². The molecule has 3 rings (SSSR count). The molecule has 0 saturated heterocycles. The highest BCUT2D eigenvalue weighted by atomic mass is 35.5. The third-order valence-corrected chi connectivity index (χ3v) is 4.99. The molecule has 32 heavy (non-hydrogen) atoms. The van der Waals surface area contributed by atoms with E-state index in [4.69, 9.17) is 42.3 Å². The lowest BCUT2D eigenvalue weighted by atomic mass is 10.0. The van der Waals surface area contributed by atoms with Crippen molar-refractivity contribution in [3.8, 4) is 11.5 Å². The first kappa shape index (κ1) is 23.4. The molecular formula is C24H21Cl2NO5. The fourth-order valence-corrected chi connectivity index (χ4v) is 3.49. The highest BCUT2D eigenvalue weighted by Gasteiger charge is 2.19. The van der Waals surface area contributed by atoms with E-state index in [1.165, 1.54) is 14.2 Å². The van der Waals surface area contributed by atoms with Crippen molar-refractivity contribution < 1.29 is 23.8 Å². The van der Waals surface area contributed by atoms with E-state index < -0.39 is 5.97 Å². The number of carbonyl (C=O) groups is 1. The van der Waals surface area contributed by atoms with Crippen molar-refractivity contribution in [1.29, 1.82) is 0 Å². The van der Waals surface area contributed by atoms with E-state index in [0.29, 0.717) is 39.3 Å². The van der Waals surface area contributed by atoms with Crippen LogP contribution in [0.1, 0.15) is 16.7 Å². The Kier molecular flexibility index (Phi) is 8.36. The number of benzene rings is 3. The van der Waals surface area contributed by atoms with Crippen LogP contribution in [0.25, 0.3) is 0 Å². The summed E-state index contributed by atoms with van der Waals surface area (Å²) in [6.07, 6.45) is 0. The van der Waals surface area contributed by atoms with Crippen LogP contribution < -0.4 is 9.47 Å². The van der Waals surface area contributed by atoms with Crippen LogP contribution in [-0.2, 0) is 27.6 Å². The zero-order valence-electron chi connectivity index (χ0n) is 17.5. The quantitative estimate of drug-likeness (QED) is 0.227. The second-order valence-electron chi connectivity index (χ2n) is 6.55. The Morgan fingerprint density at radius 1 is 0.875 bits per heavy atom. The third-order valence-electron chi connectivity index (χ3n) is 4.43. The molecule has 0 bridgehead atoms. The van der Waals surface area contributed by atoms with Gasteiger partial charge in [-0.15, -0.1) is 0 Å². The summed E-state index contributed by atoms with van der Waals surface area (Å²) in [5, 5.41) is 4.45. The summed E-state index contributed by atoms with van der Waals surface area (Å²) < 4.78 is 16.5. The predicted octanol–water partition coefficient (Wildman–Crippen LogP) is 5.67. The van der Waals surface area contributed by atoms with Gasteiger partial charge in [0, 0.05) is 17.7 Å². The molecule has 0 heterocycles. The lowest BCUT2D eigenvalue weighted by Gasteiger charge is -2.14. The minimum atomic E-state index is -0.620. The first-order valence-electron chi connectivity index (χ1n) is 9.59. The SMILES string of the molecule is CON=C(C(=O)OC)c1ccccc1COc1cc(Cl)c(OCc2ccccc2)c(Cl)c1. The van der Waals surface area contributed by atoms with E-state index in [9.17, 15) is 4.79 Å². The monoisotopic (exact) mass is 473 g/mol. The van der Waals surface area contributed by atoms with Crippen LogP contribution in [0.4, 0.5) is 0 Å². The van der Waals surface area contributed by atoms with Crippen molar-refractivity contribution in [2.45, 2.75) is 13.2 Å². The van der Waals surface area contributed by atoms with Crippen molar-refractivity contribution >= 4 is 34.9 Å². The molecule has 0 spiro atoms. The van der Waals surface area contributed by atoms with Gasteiger partial charge in [-0.25, -0.2) is 4.79 Å². The van der Waals surface area contributed by atoms with Crippen molar-refractivity contribution in [3.63, 3.8) is 0 Å². The standard InChI is InChI=1S/C24H21Cl2NO5/c1-29-24(28)22(27-30-2)19-11-7-6-10-17(19)15-31-18-12-20(25)23(21(26)13-18)32-14-16-8-4-3-5-9-16/h3-13H,14-15H2,1-2H3. The molecule has 0 aliphatic carbocycles. The molecular weight excluding hydrogens is 453 g/mol. The van der Waals surface area contributed by atoms with Crippen molar-refractivity contribution in [1.82, 2.24) is 0 Å². The third kappa shape index (κ3) is 5.93. The van der Waals surface area contributed by atoms with Gasteiger partial charge < -0.3 is 19.0 Å². The molecule has 3 aromatic carbocycles. The summed E-state index contributed by atoms with van der Waals surface area (Å²) in [7, 11) is 2.63. The molecule has 0 radical (unpaired) electrons. The number of rotatable bonds is 9. The van der Waals surface area contributed by atoms with Crippen LogP contribution in [0.2, 0.25) is 10.0 Å². The highest BCUT2D eigenvalue weighted by molar-refractivity contribution is 6.43. The lowest BCUT2D eigenvalue weighted by molar-refractivity contribution is -0.132. The molecule has 0 N–H and O–H groups in total. The molecule has 0 aliphatic rings. The van der Waals surface area contributed by atoms with E-state index in [1.54, 1.807) is 24.3 Å². The Hall–Kier alpha value is -3.22. The van der Waals surface area contributed by atoms with Crippen molar-refractivity contribution in [3.05, 3.63) is 93.5 Å². The molecule has 0 aliphatic heterocycles.